The van der Waals surface area contributed by atoms with E-state index < -0.39 is 5.56 Å². The molecule has 0 aliphatic carbocycles. The zero-order valence-corrected chi connectivity index (χ0v) is 15.2. The normalized spacial score (nSPS) is 11.3. The molecular weight excluding hydrogens is 394 g/mol. The highest BCUT2D eigenvalue weighted by Gasteiger charge is 2.14. The number of fused-ring (bicyclic) bond motifs is 1. The quantitative estimate of drug-likeness (QED) is 0.456. The van der Waals surface area contributed by atoms with Gasteiger partial charge in [0.1, 0.15) is 30.0 Å². The van der Waals surface area contributed by atoms with Crippen LogP contribution in [0.1, 0.15) is 5.89 Å². The van der Waals surface area contributed by atoms with E-state index in [0.29, 0.717) is 22.3 Å². The molecule has 0 bridgehead atoms. The molecule has 0 radical (unpaired) electrons. The zero-order chi connectivity index (χ0) is 20.7. The summed E-state index contributed by atoms with van der Waals surface area (Å²) in [5.41, 5.74) is 1.67. The first kappa shape index (κ1) is 17.9. The lowest BCUT2D eigenvalue weighted by molar-refractivity contribution is 0.362. The molecule has 0 N–H and O–H groups in total. The van der Waals surface area contributed by atoms with Gasteiger partial charge in [-0.05, 0) is 54.6 Å². The van der Waals surface area contributed by atoms with Crippen LogP contribution in [0.4, 0.5) is 8.78 Å². The summed E-state index contributed by atoms with van der Waals surface area (Å²) < 4.78 is 33.9. The average molecular weight is 406 g/mol. The first-order chi connectivity index (χ1) is 14.6. The van der Waals surface area contributed by atoms with E-state index in [1.165, 1.54) is 51.9 Å². The first-order valence-corrected chi connectivity index (χ1v) is 8.87. The van der Waals surface area contributed by atoms with Crippen molar-refractivity contribution in [2.75, 3.05) is 0 Å². The molecule has 0 aliphatic heterocycles. The van der Waals surface area contributed by atoms with Gasteiger partial charge in [0.2, 0.25) is 11.7 Å². The van der Waals surface area contributed by atoms with Crippen LogP contribution in [0.15, 0.2) is 70.2 Å². The molecule has 8 nitrogen and oxygen atoms in total. The maximum absolute atomic E-state index is 13.1. The number of hydrogen-bond acceptors (Lipinski definition) is 6. The molecule has 0 amide bonds. The number of nitrogens with zero attached hydrogens (tertiary/aromatic N) is 6. The van der Waals surface area contributed by atoms with Crippen LogP contribution in [0, 0.1) is 11.6 Å². The van der Waals surface area contributed by atoms with Crippen LogP contribution in [0.5, 0.6) is 0 Å². The lowest BCUT2D eigenvalue weighted by Crippen LogP contribution is -2.25. The van der Waals surface area contributed by atoms with E-state index in [1.54, 1.807) is 18.2 Å². The molecule has 0 unspecified atom stereocenters. The highest BCUT2D eigenvalue weighted by Crippen LogP contribution is 2.19. The summed E-state index contributed by atoms with van der Waals surface area (Å²) in [5, 5.41) is 12.2. The lowest BCUT2D eigenvalue weighted by Gasteiger charge is -2.00. The second kappa shape index (κ2) is 6.99. The molecule has 0 aliphatic rings. The van der Waals surface area contributed by atoms with E-state index in [-0.39, 0.29) is 29.9 Å². The third kappa shape index (κ3) is 3.24. The molecule has 5 rings (SSSR count). The van der Waals surface area contributed by atoms with Crippen molar-refractivity contribution < 1.29 is 13.3 Å². The van der Waals surface area contributed by atoms with Crippen molar-refractivity contribution >= 4 is 5.52 Å². The van der Waals surface area contributed by atoms with Gasteiger partial charge in [0, 0.05) is 11.1 Å². The smallest absolute Gasteiger partial charge is 0.293 e. The SMILES string of the molecule is O=c1c2cc(-c3ccc(F)cc3)nn2cnn1Cc1nc(-c2ccc(F)cc2)no1. The highest BCUT2D eigenvalue weighted by atomic mass is 19.1. The number of halogens is 2. The number of rotatable bonds is 4. The Morgan fingerprint density at radius 3 is 2.30 bits per heavy atom. The van der Waals surface area contributed by atoms with E-state index >= 15 is 0 Å². The van der Waals surface area contributed by atoms with Gasteiger partial charge in [0.25, 0.3) is 5.56 Å². The molecule has 0 fully saturated rings. The Morgan fingerprint density at radius 1 is 0.933 bits per heavy atom. The van der Waals surface area contributed by atoms with Crippen LogP contribution < -0.4 is 5.56 Å². The Labute approximate surface area is 167 Å². The first-order valence-electron chi connectivity index (χ1n) is 8.87. The maximum Gasteiger partial charge on any atom is 0.293 e. The summed E-state index contributed by atoms with van der Waals surface area (Å²) in [6, 6.07) is 13.1. The van der Waals surface area contributed by atoms with E-state index in [4.69, 9.17) is 4.52 Å². The molecule has 0 saturated carbocycles. The Balaban J connectivity index is 1.45. The fourth-order valence-electron chi connectivity index (χ4n) is 2.98. The molecule has 0 saturated heterocycles. The summed E-state index contributed by atoms with van der Waals surface area (Å²) in [7, 11) is 0. The van der Waals surface area contributed by atoms with Gasteiger partial charge >= 0.3 is 0 Å². The minimum Gasteiger partial charge on any atom is -0.337 e. The van der Waals surface area contributed by atoms with Gasteiger partial charge in [0.15, 0.2) is 0 Å². The van der Waals surface area contributed by atoms with Crippen LogP contribution in [-0.4, -0.2) is 29.5 Å². The molecule has 10 heteroatoms. The van der Waals surface area contributed by atoms with Crippen molar-refractivity contribution in [3.63, 3.8) is 0 Å². The van der Waals surface area contributed by atoms with Crippen LogP contribution >= 0.6 is 0 Å². The van der Waals surface area contributed by atoms with Crippen LogP contribution in [0.25, 0.3) is 28.2 Å². The Kier molecular flexibility index (Phi) is 4.16. The van der Waals surface area contributed by atoms with E-state index in [1.807, 2.05) is 0 Å². The van der Waals surface area contributed by atoms with Gasteiger partial charge < -0.3 is 4.52 Å². The standard InChI is InChI=1S/C20H12F2N6O2/c21-14-5-1-12(2-6-14)16-9-17-20(29)27(23-11-28(17)25-16)10-18-24-19(26-30-18)13-3-7-15(22)8-4-13/h1-9,11H,10H2. The van der Waals surface area contributed by atoms with Crippen molar-refractivity contribution in [2.24, 2.45) is 0 Å². The number of benzene rings is 2. The van der Waals surface area contributed by atoms with Gasteiger partial charge in [-0.3, -0.25) is 4.79 Å². The van der Waals surface area contributed by atoms with Crippen molar-refractivity contribution in [2.45, 2.75) is 6.54 Å². The lowest BCUT2D eigenvalue weighted by atomic mass is 10.1. The molecule has 3 heterocycles. The minimum atomic E-state index is -0.403. The van der Waals surface area contributed by atoms with Gasteiger partial charge in [-0.25, -0.2) is 18.0 Å². The topological polar surface area (TPSA) is 91.1 Å². The highest BCUT2D eigenvalue weighted by molar-refractivity contribution is 5.65. The Bertz CT molecular complexity index is 1400. The largest absolute Gasteiger partial charge is 0.337 e. The molecule has 148 valence electrons. The fraction of sp³-hybridized carbons (Fsp3) is 0.0500. The van der Waals surface area contributed by atoms with E-state index in [2.05, 4.69) is 20.3 Å². The average Bonchev–Trinajstić information content (AvgIpc) is 3.39. The van der Waals surface area contributed by atoms with Crippen LogP contribution in [-0.2, 0) is 6.54 Å². The molecule has 0 spiro atoms. The Morgan fingerprint density at radius 2 is 1.60 bits per heavy atom. The molecule has 0 atom stereocenters. The van der Waals surface area contributed by atoms with Crippen molar-refractivity contribution in [1.82, 2.24) is 29.5 Å². The number of aromatic nitrogens is 6. The molecule has 3 aromatic heterocycles. The summed E-state index contributed by atoms with van der Waals surface area (Å²) in [5.74, 6) is -0.271. The predicted octanol–water partition coefficient (Wildman–Crippen LogP) is 2.93. The molecular formula is C20H12F2N6O2. The Hall–Kier alpha value is -4.21. The fourth-order valence-corrected chi connectivity index (χ4v) is 2.98. The van der Waals surface area contributed by atoms with Crippen molar-refractivity contribution in [1.29, 1.82) is 0 Å². The predicted molar refractivity (Wildman–Crippen MR) is 101 cm³/mol. The van der Waals surface area contributed by atoms with Gasteiger partial charge in [-0.15, -0.1) is 0 Å². The summed E-state index contributed by atoms with van der Waals surface area (Å²) >= 11 is 0. The summed E-state index contributed by atoms with van der Waals surface area (Å²) in [6.45, 7) is -0.0411. The maximum atomic E-state index is 13.1. The zero-order valence-electron chi connectivity index (χ0n) is 15.2. The van der Waals surface area contributed by atoms with Crippen LogP contribution in [0.2, 0.25) is 0 Å². The number of hydrogen-bond donors (Lipinski definition) is 0. The van der Waals surface area contributed by atoms with E-state index in [9.17, 15) is 13.6 Å². The molecule has 30 heavy (non-hydrogen) atoms. The summed E-state index contributed by atoms with van der Waals surface area (Å²) in [4.78, 5) is 17.0. The van der Waals surface area contributed by atoms with Crippen LogP contribution in [0.3, 0.4) is 0 Å². The molecule has 5 aromatic rings. The third-order valence-electron chi connectivity index (χ3n) is 4.49. The molecule has 2 aromatic carbocycles. The van der Waals surface area contributed by atoms with Gasteiger partial charge in [-0.1, -0.05) is 5.16 Å². The minimum absolute atomic E-state index is 0.0411. The van der Waals surface area contributed by atoms with Gasteiger partial charge in [-0.2, -0.15) is 15.2 Å². The summed E-state index contributed by atoms with van der Waals surface area (Å²) in [6.07, 6.45) is 1.39. The van der Waals surface area contributed by atoms with Crippen molar-refractivity contribution in [3.8, 4) is 22.6 Å². The van der Waals surface area contributed by atoms with Crippen molar-refractivity contribution in [3.05, 3.63) is 88.8 Å². The third-order valence-corrected chi connectivity index (χ3v) is 4.49. The second-order valence-electron chi connectivity index (χ2n) is 6.48. The second-order valence-corrected chi connectivity index (χ2v) is 6.48. The monoisotopic (exact) mass is 406 g/mol. The van der Waals surface area contributed by atoms with E-state index in [0.717, 1.165) is 0 Å². The van der Waals surface area contributed by atoms with Gasteiger partial charge in [0.05, 0.1) is 5.69 Å².